The average Bonchev–Trinajstić information content (AvgIpc) is 3.00. The number of amides is 1. The number of carbonyl (C=O) groups is 1. The van der Waals surface area contributed by atoms with Crippen molar-refractivity contribution in [3.63, 3.8) is 0 Å². The number of ether oxygens (including phenoxy) is 2. The number of aromatic nitrogens is 2. The zero-order valence-electron chi connectivity index (χ0n) is 16.4. The number of nitrogens with one attached hydrogen (secondary N) is 1. The summed E-state index contributed by atoms with van der Waals surface area (Å²) in [5.41, 5.74) is 3.44. The second-order valence-electron chi connectivity index (χ2n) is 6.47. The fraction of sp³-hybridized carbons (Fsp3) is 0.273. The van der Waals surface area contributed by atoms with Crippen LogP contribution in [-0.4, -0.2) is 29.4 Å². The Morgan fingerprint density at radius 3 is 2.39 bits per heavy atom. The van der Waals surface area contributed by atoms with E-state index in [1.807, 2.05) is 73.1 Å². The van der Waals surface area contributed by atoms with Gasteiger partial charge in [-0.05, 0) is 56.7 Å². The molecular formula is C22H25N3O3. The lowest BCUT2D eigenvalue weighted by Crippen LogP contribution is -2.14. The van der Waals surface area contributed by atoms with Gasteiger partial charge < -0.3 is 14.8 Å². The number of carbonyl (C=O) groups excluding carboxylic acids is 1. The number of anilines is 1. The van der Waals surface area contributed by atoms with Gasteiger partial charge >= 0.3 is 0 Å². The first-order valence-corrected chi connectivity index (χ1v) is 9.27. The van der Waals surface area contributed by atoms with Crippen molar-refractivity contribution in [1.29, 1.82) is 0 Å². The predicted octanol–water partition coefficient (Wildman–Crippen LogP) is 4.30. The van der Waals surface area contributed by atoms with Crippen molar-refractivity contribution in [2.45, 2.75) is 26.7 Å². The van der Waals surface area contributed by atoms with E-state index in [0.717, 1.165) is 34.3 Å². The van der Waals surface area contributed by atoms with Crippen LogP contribution in [0.3, 0.4) is 0 Å². The molecule has 146 valence electrons. The third-order valence-electron chi connectivity index (χ3n) is 4.43. The van der Waals surface area contributed by atoms with Crippen molar-refractivity contribution in [2.75, 3.05) is 19.0 Å². The highest BCUT2D eigenvalue weighted by atomic mass is 16.5. The highest BCUT2D eigenvalue weighted by Crippen LogP contribution is 2.23. The molecule has 0 saturated heterocycles. The summed E-state index contributed by atoms with van der Waals surface area (Å²) in [6, 6.07) is 17.3. The Balaban J connectivity index is 1.51. The number of rotatable bonds is 8. The molecule has 3 aromatic rings. The van der Waals surface area contributed by atoms with Crippen molar-refractivity contribution in [2.24, 2.45) is 0 Å². The van der Waals surface area contributed by atoms with Gasteiger partial charge in [-0.15, -0.1) is 0 Å². The summed E-state index contributed by atoms with van der Waals surface area (Å²) < 4.78 is 12.6. The molecule has 0 saturated carbocycles. The molecule has 28 heavy (non-hydrogen) atoms. The normalized spacial score (nSPS) is 10.5. The minimum Gasteiger partial charge on any atom is -0.497 e. The first-order valence-electron chi connectivity index (χ1n) is 9.27. The molecule has 2 aromatic carbocycles. The van der Waals surface area contributed by atoms with E-state index in [0.29, 0.717) is 19.4 Å². The van der Waals surface area contributed by atoms with Crippen molar-refractivity contribution in [1.82, 2.24) is 9.78 Å². The summed E-state index contributed by atoms with van der Waals surface area (Å²) in [4.78, 5) is 12.3. The van der Waals surface area contributed by atoms with Gasteiger partial charge in [-0.3, -0.25) is 4.79 Å². The maximum absolute atomic E-state index is 12.3. The summed E-state index contributed by atoms with van der Waals surface area (Å²) in [6.45, 7) is 4.32. The molecule has 0 fully saturated rings. The first kappa shape index (κ1) is 19.5. The SMILES string of the molecule is COc1ccc(OCCCC(=O)Nc2c(C)nn(-c3ccccc3)c2C)cc1. The van der Waals surface area contributed by atoms with Gasteiger partial charge in [-0.25, -0.2) is 4.68 Å². The quantitative estimate of drug-likeness (QED) is 0.593. The number of methoxy groups -OCH3 is 1. The summed E-state index contributed by atoms with van der Waals surface area (Å²) >= 11 is 0. The molecule has 0 bridgehead atoms. The monoisotopic (exact) mass is 379 g/mol. The van der Waals surface area contributed by atoms with Gasteiger partial charge in [0, 0.05) is 6.42 Å². The van der Waals surface area contributed by atoms with Crippen LogP contribution in [0.1, 0.15) is 24.2 Å². The van der Waals surface area contributed by atoms with Gasteiger partial charge in [0.2, 0.25) is 5.91 Å². The maximum Gasteiger partial charge on any atom is 0.224 e. The molecule has 0 atom stereocenters. The Morgan fingerprint density at radius 2 is 1.71 bits per heavy atom. The van der Waals surface area contributed by atoms with Gasteiger partial charge in [0.05, 0.1) is 36.5 Å². The second kappa shape index (κ2) is 9.08. The third-order valence-corrected chi connectivity index (χ3v) is 4.43. The highest BCUT2D eigenvalue weighted by Gasteiger charge is 2.15. The number of hydrogen-bond donors (Lipinski definition) is 1. The van der Waals surface area contributed by atoms with Crippen LogP contribution in [0.5, 0.6) is 11.5 Å². The van der Waals surface area contributed by atoms with E-state index in [4.69, 9.17) is 9.47 Å². The van der Waals surface area contributed by atoms with E-state index in [9.17, 15) is 4.79 Å². The number of nitrogens with zero attached hydrogens (tertiary/aromatic N) is 2. The van der Waals surface area contributed by atoms with E-state index < -0.39 is 0 Å². The standard InChI is InChI=1S/C22H25N3O3/c1-16-22(17(2)25(24-16)18-8-5-4-6-9-18)23-21(26)10-7-15-28-20-13-11-19(27-3)12-14-20/h4-6,8-9,11-14H,7,10,15H2,1-3H3,(H,23,26). The topological polar surface area (TPSA) is 65.4 Å². The number of aryl methyl sites for hydroxylation is 1. The molecule has 0 aliphatic rings. The van der Waals surface area contributed by atoms with Crippen LogP contribution >= 0.6 is 0 Å². The molecule has 6 heteroatoms. The van der Waals surface area contributed by atoms with E-state index >= 15 is 0 Å². The molecule has 3 rings (SSSR count). The summed E-state index contributed by atoms with van der Waals surface area (Å²) in [5.74, 6) is 1.50. The van der Waals surface area contributed by atoms with Crippen LogP contribution in [0.4, 0.5) is 5.69 Å². The summed E-state index contributed by atoms with van der Waals surface area (Å²) in [7, 11) is 1.63. The molecule has 0 unspecified atom stereocenters. The molecule has 1 heterocycles. The van der Waals surface area contributed by atoms with Crippen molar-refractivity contribution < 1.29 is 14.3 Å². The van der Waals surface area contributed by atoms with Gasteiger partial charge in [0.15, 0.2) is 0 Å². The number of para-hydroxylation sites is 1. The number of hydrogen-bond acceptors (Lipinski definition) is 4. The van der Waals surface area contributed by atoms with Crippen LogP contribution in [0.25, 0.3) is 5.69 Å². The third kappa shape index (κ3) is 4.71. The van der Waals surface area contributed by atoms with E-state index in [2.05, 4.69) is 10.4 Å². The largest absolute Gasteiger partial charge is 0.497 e. The van der Waals surface area contributed by atoms with Crippen molar-refractivity contribution >= 4 is 11.6 Å². The molecule has 6 nitrogen and oxygen atoms in total. The minimum absolute atomic E-state index is 0.0443. The molecular weight excluding hydrogens is 354 g/mol. The van der Waals surface area contributed by atoms with Crippen LogP contribution < -0.4 is 14.8 Å². The molecule has 0 aliphatic heterocycles. The van der Waals surface area contributed by atoms with Gasteiger partial charge in [-0.2, -0.15) is 5.10 Å². The first-order chi connectivity index (χ1) is 13.6. The van der Waals surface area contributed by atoms with E-state index in [-0.39, 0.29) is 5.91 Å². The molecule has 0 aliphatic carbocycles. The van der Waals surface area contributed by atoms with Crippen molar-refractivity contribution in [3.05, 3.63) is 66.0 Å². The summed E-state index contributed by atoms with van der Waals surface area (Å²) in [6.07, 6.45) is 1.01. The van der Waals surface area contributed by atoms with Crippen LogP contribution in [0.15, 0.2) is 54.6 Å². The Hall–Kier alpha value is -3.28. The van der Waals surface area contributed by atoms with Gasteiger partial charge in [-0.1, -0.05) is 18.2 Å². The number of benzene rings is 2. The average molecular weight is 379 g/mol. The maximum atomic E-state index is 12.3. The van der Waals surface area contributed by atoms with Crippen molar-refractivity contribution in [3.8, 4) is 17.2 Å². The van der Waals surface area contributed by atoms with Gasteiger partial charge in [0.25, 0.3) is 0 Å². The predicted molar refractivity (Wildman–Crippen MR) is 109 cm³/mol. The van der Waals surface area contributed by atoms with Gasteiger partial charge in [0.1, 0.15) is 11.5 Å². The Bertz CT molecular complexity index is 918. The lowest BCUT2D eigenvalue weighted by molar-refractivity contribution is -0.116. The minimum atomic E-state index is -0.0443. The second-order valence-corrected chi connectivity index (χ2v) is 6.47. The molecule has 0 radical (unpaired) electrons. The zero-order valence-corrected chi connectivity index (χ0v) is 16.4. The molecule has 0 spiro atoms. The fourth-order valence-corrected chi connectivity index (χ4v) is 2.94. The van der Waals surface area contributed by atoms with Crippen LogP contribution in [0.2, 0.25) is 0 Å². The zero-order chi connectivity index (χ0) is 19.9. The van der Waals surface area contributed by atoms with Crippen LogP contribution in [-0.2, 0) is 4.79 Å². The fourth-order valence-electron chi connectivity index (χ4n) is 2.94. The smallest absolute Gasteiger partial charge is 0.224 e. The molecule has 1 aromatic heterocycles. The lowest BCUT2D eigenvalue weighted by atomic mass is 10.2. The summed E-state index contributed by atoms with van der Waals surface area (Å²) in [5, 5.41) is 7.54. The van der Waals surface area contributed by atoms with E-state index in [1.54, 1.807) is 7.11 Å². The Morgan fingerprint density at radius 1 is 1.04 bits per heavy atom. The highest BCUT2D eigenvalue weighted by molar-refractivity contribution is 5.92. The van der Waals surface area contributed by atoms with E-state index in [1.165, 1.54) is 0 Å². The Labute approximate surface area is 165 Å². The molecule has 1 N–H and O–H groups in total. The molecule has 1 amide bonds. The van der Waals surface area contributed by atoms with Crippen LogP contribution in [0, 0.1) is 13.8 Å². The Kier molecular flexibility index (Phi) is 6.32. The lowest BCUT2D eigenvalue weighted by Gasteiger charge is -2.08.